The molecule has 1 unspecified atom stereocenters. The van der Waals surface area contributed by atoms with E-state index in [1.54, 1.807) is 24.3 Å². The van der Waals surface area contributed by atoms with Crippen molar-refractivity contribution in [3.05, 3.63) is 29.8 Å². The fraction of sp³-hybridized carbons (Fsp3) is 0.462. The number of nitrogens with one attached hydrogen (secondary N) is 1. The van der Waals surface area contributed by atoms with Crippen molar-refractivity contribution < 1.29 is 4.79 Å². The molecule has 0 spiro atoms. The summed E-state index contributed by atoms with van der Waals surface area (Å²) in [6.07, 6.45) is 0. The van der Waals surface area contributed by atoms with E-state index in [2.05, 4.69) is 26.1 Å². The van der Waals surface area contributed by atoms with Crippen molar-refractivity contribution in [1.29, 1.82) is 0 Å². The minimum absolute atomic E-state index is 0.0347. The Kier molecular flexibility index (Phi) is 4.35. The van der Waals surface area contributed by atoms with Crippen molar-refractivity contribution in [2.45, 2.75) is 20.8 Å². The van der Waals surface area contributed by atoms with Crippen molar-refractivity contribution in [1.82, 2.24) is 5.32 Å². The monoisotopic (exact) mass is 220 g/mol. The lowest BCUT2D eigenvalue weighted by molar-refractivity contribution is 0.0945. The summed E-state index contributed by atoms with van der Waals surface area (Å²) < 4.78 is 0. The number of nitrogen functional groups attached to an aromatic ring is 1. The summed E-state index contributed by atoms with van der Waals surface area (Å²) in [6.45, 7) is 7.15. The zero-order chi connectivity index (χ0) is 12.1. The Morgan fingerprint density at radius 1 is 1.25 bits per heavy atom. The van der Waals surface area contributed by atoms with E-state index in [-0.39, 0.29) is 5.91 Å². The minimum atomic E-state index is -0.0347. The molecule has 1 atom stereocenters. The molecule has 0 saturated heterocycles. The molecule has 0 aliphatic rings. The molecule has 0 saturated carbocycles. The lowest BCUT2D eigenvalue weighted by Gasteiger charge is -2.16. The SMILES string of the molecule is CC(C)C(C)CNC(=O)c1ccc(N)cc1. The molecule has 1 aromatic rings. The summed E-state index contributed by atoms with van der Waals surface area (Å²) >= 11 is 0. The van der Waals surface area contributed by atoms with Crippen LogP contribution in [0.2, 0.25) is 0 Å². The summed E-state index contributed by atoms with van der Waals surface area (Å²) in [5.74, 6) is 1.02. The average molecular weight is 220 g/mol. The van der Waals surface area contributed by atoms with Gasteiger partial charge in [0.25, 0.3) is 5.91 Å². The van der Waals surface area contributed by atoms with Crippen LogP contribution in [0, 0.1) is 11.8 Å². The maximum absolute atomic E-state index is 11.7. The maximum atomic E-state index is 11.7. The van der Waals surface area contributed by atoms with Gasteiger partial charge in [0.15, 0.2) is 0 Å². The second kappa shape index (κ2) is 5.54. The van der Waals surface area contributed by atoms with Gasteiger partial charge in [0.1, 0.15) is 0 Å². The zero-order valence-electron chi connectivity index (χ0n) is 10.2. The van der Waals surface area contributed by atoms with Crippen LogP contribution in [0.5, 0.6) is 0 Å². The van der Waals surface area contributed by atoms with Gasteiger partial charge < -0.3 is 11.1 Å². The van der Waals surface area contributed by atoms with E-state index in [4.69, 9.17) is 5.73 Å². The number of hydrogen-bond acceptors (Lipinski definition) is 2. The minimum Gasteiger partial charge on any atom is -0.399 e. The van der Waals surface area contributed by atoms with Crippen LogP contribution in [0.4, 0.5) is 5.69 Å². The average Bonchev–Trinajstić information content (AvgIpc) is 2.26. The van der Waals surface area contributed by atoms with Gasteiger partial charge in [0, 0.05) is 17.8 Å². The molecule has 3 heteroatoms. The summed E-state index contributed by atoms with van der Waals surface area (Å²) in [6, 6.07) is 6.96. The Labute approximate surface area is 97.0 Å². The normalized spacial score (nSPS) is 12.5. The molecule has 16 heavy (non-hydrogen) atoms. The number of anilines is 1. The summed E-state index contributed by atoms with van der Waals surface area (Å²) in [4.78, 5) is 11.7. The molecule has 1 aromatic carbocycles. The van der Waals surface area contributed by atoms with Crippen LogP contribution >= 0.6 is 0 Å². The highest BCUT2D eigenvalue weighted by atomic mass is 16.1. The Bertz CT molecular complexity index is 343. The molecule has 0 radical (unpaired) electrons. The van der Waals surface area contributed by atoms with Gasteiger partial charge in [0.05, 0.1) is 0 Å². The van der Waals surface area contributed by atoms with Crippen LogP contribution in [-0.2, 0) is 0 Å². The van der Waals surface area contributed by atoms with E-state index in [1.807, 2.05) is 0 Å². The summed E-state index contributed by atoms with van der Waals surface area (Å²) in [5, 5.41) is 2.92. The number of carbonyl (C=O) groups excluding carboxylic acids is 1. The van der Waals surface area contributed by atoms with Gasteiger partial charge in [-0.15, -0.1) is 0 Å². The van der Waals surface area contributed by atoms with Crippen LogP contribution in [0.25, 0.3) is 0 Å². The number of benzene rings is 1. The van der Waals surface area contributed by atoms with E-state index in [1.165, 1.54) is 0 Å². The molecule has 88 valence electrons. The molecule has 0 heterocycles. The molecule has 3 nitrogen and oxygen atoms in total. The lowest BCUT2D eigenvalue weighted by Crippen LogP contribution is -2.30. The van der Waals surface area contributed by atoms with E-state index in [9.17, 15) is 4.79 Å². The second-order valence-corrected chi connectivity index (χ2v) is 4.55. The Hall–Kier alpha value is -1.51. The van der Waals surface area contributed by atoms with E-state index >= 15 is 0 Å². The smallest absolute Gasteiger partial charge is 0.251 e. The van der Waals surface area contributed by atoms with Crippen LogP contribution in [0.3, 0.4) is 0 Å². The highest BCUT2D eigenvalue weighted by Crippen LogP contribution is 2.09. The number of amides is 1. The highest BCUT2D eigenvalue weighted by molar-refractivity contribution is 5.94. The quantitative estimate of drug-likeness (QED) is 0.765. The number of hydrogen-bond donors (Lipinski definition) is 2. The van der Waals surface area contributed by atoms with Crippen LogP contribution in [0.15, 0.2) is 24.3 Å². The third kappa shape index (κ3) is 3.57. The molecular formula is C13H20N2O. The molecule has 0 aliphatic heterocycles. The molecule has 1 rings (SSSR count). The van der Waals surface area contributed by atoms with Gasteiger partial charge >= 0.3 is 0 Å². The first-order chi connectivity index (χ1) is 7.50. The molecular weight excluding hydrogens is 200 g/mol. The first kappa shape index (κ1) is 12.6. The maximum Gasteiger partial charge on any atom is 0.251 e. The molecule has 3 N–H and O–H groups in total. The summed E-state index contributed by atoms with van der Waals surface area (Å²) in [5.41, 5.74) is 6.89. The van der Waals surface area contributed by atoms with Crippen molar-refractivity contribution in [3.63, 3.8) is 0 Å². The van der Waals surface area contributed by atoms with Crippen molar-refractivity contribution in [3.8, 4) is 0 Å². The van der Waals surface area contributed by atoms with Crippen LogP contribution < -0.4 is 11.1 Å². The van der Waals surface area contributed by atoms with E-state index < -0.39 is 0 Å². The van der Waals surface area contributed by atoms with Gasteiger partial charge in [-0.1, -0.05) is 20.8 Å². The largest absolute Gasteiger partial charge is 0.399 e. The summed E-state index contributed by atoms with van der Waals surface area (Å²) in [7, 11) is 0. The first-order valence-electron chi connectivity index (χ1n) is 5.64. The first-order valence-corrected chi connectivity index (χ1v) is 5.64. The number of nitrogens with two attached hydrogens (primary N) is 1. The lowest BCUT2D eigenvalue weighted by atomic mass is 9.98. The molecule has 0 fully saturated rings. The van der Waals surface area contributed by atoms with Crippen molar-refractivity contribution in [2.24, 2.45) is 11.8 Å². The molecule has 0 aliphatic carbocycles. The zero-order valence-corrected chi connectivity index (χ0v) is 10.2. The van der Waals surface area contributed by atoms with Crippen LogP contribution in [-0.4, -0.2) is 12.5 Å². The van der Waals surface area contributed by atoms with Crippen molar-refractivity contribution in [2.75, 3.05) is 12.3 Å². The third-order valence-corrected chi connectivity index (χ3v) is 2.90. The van der Waals surface area contributed by atoms with Gasteiger partial charge in [-0.3, -0.25) is 4.79 Å². The van der Waals surface area contributed by atoms with Gasteiger partial charge in [-0.25, -0.2) is 0 Å². The Morgan fingerprint density at radius 2 is 1.81 bits per heavy atom. The van der Waals surface area contributed by atoms with Gasteiger partial charge in [0.2, 0.25) is 0 Å². The van der Waals surface area contributed by atoms with E-state index in [0.717, 1.165) is 0 Å². The van der Waals surface area contributed by atoms with Gasteiger partial charge in [-0.2, -0.15) is 0 Å². The van der Waals surface area contributed by atoms with Crippen LogP contribution in [0.1, 0.15) is 31.1 Å². The van der Waals surface area contributed by atoms with E-state index in [0.29, 0.717) is 29.6 Å². The van der Waals surface area contributed by atoms with Crippen molar-refractivity contribution >= 4 is 11.6 Å². The Morgan fingerprint density at radius 3 is 2.31 bits per heavy atom. The standard InChI is InChI=1S/C13H20N2O/c1-9(2)10(3)8-15-13(16)11-4-6-12(14)7-5-11/h4-7,9-10H,8,14H2,1-3H3,(H,15,16). The topological polar surface area (TPSA) is 55.1 Å². The van der Waals surface area contributed by atoms with Gasteiger partial charge in [-0.05, 0) is 36.1 Å². The molecule has 1 amide bonds. The predicted octanol–water partition coefficient (Wildman–Crippen LogP) is 2.29. The third-order valence-electron chi connectivity index (χ3n) is 2.90. The fourth-order valence-corrected chi connectivity index (χ4v) is 1.23. The molecule has 0 bridgehead atoms. The second-order valence-electron chi connectivity index (χ2n) is 4.55. The fourth-order valence-electron chi connectivity index (χ4n) is 1.23. The number of carbonyl (C=O) groups is 1. The molecule has 0 aromatic heterocycles. The number of rotatable bonds is 4. The highest BCUT2D eigenvalue weighted by Gasteiger charge is 2.10. The predicted molar refractivity (Wildman–Crippen MR) is 67.2 cm³/mol. The Balaban J connectivity index is 2.50.